The molecule has 0 fully saturated rings. The van der Waals surface area contributed by atoms with E-state index in [-0.39, 0.29) is 17.8 Å². The molecule has 1 aliphatic carbocycles. The third-order valence-electron chi connectivity index (χ3n) is 3.79. The van der Waals surface area contributed by atoms with Crippen LogP contribution in [0.4, 0.5) is 4.39 Å². The number of hydrogen-bond donors (Lipinski definition) is 1. The van der Waals surface area contributed by atoms with Gasteiger partial charge in [-0.2, -0.15) is 5.10 Å². The predicted octanol–water partition coefficient (Wildman–Crippen LogP) is 2.37. The summed E-state index contributed by atoms with van der Waals surface area (Å²) in [6, 6.07) is 5.58. The SMILES string of the molecule is Cn1ncc2c1CCCC2NC(=O)c1ccc(F)cc1. The Bertz CT molecular complexity index is 633. The van der Waals surface area contributed by atoms with Crippen LogP contribution in [0.15, 0.2) is 30.5 Å². The lowest BCUT2D eigenvalue weighted by atomic mass is 9.93. The second-order valence-corrected chi connectivity index (χ2v) is 5.10. The zero-order valence-electron chi connectivity index (χ0n) is 11.3. The summed E-state index contributed by atoms with van der Waals surface area (Å²) < 4.78 is 14.7. The molecular weight excluding hydrogens is 257 g/mol. The fourth-order valence-electron chi connectivity index (χ4n) is 2.70. The van der Waals surface area contributed by atoms with E-state index >= 15 is 0 Å². The number of aryl methyl sites for hydroxylation is 1. The Hall–Kier alpha value is -2.17. The smallest absolute Gasteiger partial charge is 0.251 e. The molecule has 0 radical (unpaired) electrons. The molecule has 1 aliphatic rings. The van der Waals surface area contributed by atoms with E-state index in [1.165, 1.54) is 30.0 Å². The zero-order chi connectivity index (χ0) is 14.1. The highest BCUT2D eigenvalue weighted by Crippen LogP contribution is 2.29. The second kappa shape index (κ2) is 5.07. The molecule has 4 nitrogen and oxygen atoms in total. The van der Waals surface area contributed by atoms with Gasteiger partial charge in [0.05, 0.1) is 12.2 Å². The lowest BCUT2D eigenvalue weighted by Gasteiger charge is -2.23. The quantitative estimate of drug-likeness (QED) is 0.913. The molecule has 3 rings (SSSR count). The average Bonchev–Trinajstić information content (AvgIpc) is 2.82. The summed E-state index contributed by atoms with van der Waals surface area (Å²) in [6.45, 7) is 0. The van der Waals surface area contributed by atoms with Gasteiger partial charge in [-0.05, 0) is 43.5 Å². The molecule has 1 atom stereocenters. The Labute approximate surface area is 116 Å². The van der Waals surface area contributed by atoms with Crippen molar-refractivity contribution in [2.24, 2.45) is 7.05 Å². The normalized spacial score (nSPS) is 17.6. The number of nitrogens with zero attached hydrogens (tertiary/aromatic N) is 2. The van der Waals surface area contributed by atoms with Gasteiger partial charge in [-0.1, -0.05) is 0 Å². The van der Waals surface area contributed by atoms with E-state index in [1.807, 2.05) is 17.9 Å². The Morgan fingerprint density at radius 3 is 2.90 bits per heavy atom. The van der Waals surface area contributed by atoms with E-state index in [1.54, 1.807) is 0 Å². The van der Waals surface area contributed by atoms with Gasteiger partial charge in [0, 0.05) is 23.9 Å². The van der Waals surface area contributed by atoms with Gasteiger partial charge in [-0.3, -0.25) is 9.48 Å². The maximum absolute atomic E-state index is 12.9. The topological polar surface area (TPSA) is 46.9 Å². The third-order valence-corrected chi connectivity index (χ3v) is 3.79. The number of fused-ring (bicyclic) bond motifs is 1. The van der Waals surface area contributed by atoms with Crippen LogP contribution < -0.4 is 5.32 Å². The predicted molar refractivity (Wildman–Crippen MR) is 72.8 cm³/mol. The van der Waals surface area contributed by atoms with Crippen LogP contribution in [0.1, 0.15) is 40.5 Å². The van der Waals surface area contributed by atoms with Crippen LogP contribution in [0, 0.1) is 5.82 Å². The summed E-state index contributed by atoms with van der Waals surface area (Å²) in [5.41, 5.74) is 2.75. The Morgan fingerprint density at radius 1 is 1.40 bits per heavy atom. The van der Waals surface area contributed by atoms with E-state index in [2.05, 4.69) is 10.4 Å². The molecule has 5 heteroatoms. The van der Waals surface area contributed by atoms with Gasteiger partial charge in [0.1, 0.15) is 5.82 Å². The van der Waals surface area contributed by atoms with E-state index in [9.17, 15) is 9.18 Å². The first kappa shape index (κ1) is 12.8. The molecule has 104 valence electrons. The Kier molecular flexibility index (Phi) is 3.26. The van der Waals surface area contributed by atoms with Gasteiger partial charge in [0.2, 0.25) is 0 Å². The molecule has 0 bridgehead atoms. The van der Waals surface area contributed by atoms with Gasteiger partial charge < -0.3 is 5.32 Å². The molecule has 1 aromatic carbocycles. The number of benzene rings is 1. The van der Waals surface area contributed by atoms with Crippen molar-refractivity contribution in [1.29, 1.82) is 0 Å². The van der Waals surface area contributed by atoms with Crippen molar-refractivity contribution in [2.75, 3.05) is 0 Å². The molecule has 1 aromatic heterocycles. The molecule has 1 N–H and O–H groups in total. The summed E-state index contributed by atoms with van der Waals surface area (Å²) in [4.78, 5) is 12.2. The van der Waals surface area contributed by atoms with Gasteiger partial charge in [0.25, 0.3) is 5.91 Å². The van der Waals surface area contributed by atoms with Crippen molar-refractivity contribution in [3.8, 4) is 0 Å². The third kappa shape index (κ3) is 2.31. The fraction of sp³-hybridized carbons (Fsp3) is 0.333. The summed E-state index contributed by atoms with van der Waals surface area (Å²) >= 11 is 0. The van der Waals surface area contributed by atoms with E-state index < -0.39 is 0 Å². The van der Waals surface area contributed by atoms with Crippen LogP contribution in [0.2, 0.25) is 0 Å². The number of aromatic nitrogens is 2. The number of halogens is 1. The zero-order valence-corrected chi connectivity index (χ0v) is 11.3. The summed E-state index contributed by atoms with van der Waals surface area (Å²) in [5, 5.41) is 7.27. The molecule has 0 spiro atoms. The highest BCUT2D eigenvalue weighted by Gasteiger charge is 2.24. The van der Waals surface area contributed by atoms with Gasteiger partial charge in [-0.15, -0.1) is 0 Å². The van der Waals surface area contributed by atoms with Crippen molar-refractivity contribution in [2.45, 2.75) is 25.3 Å². The second-order valence-electron chi connectivity index (χ2n) is 5.10. The Balaban J connectivity index is 1.78. The maximum atomic E-state index is 12.9. The minimum absolute atomic E-state index is 0.00926. The van der Waals surface area contributed by atoms with Crippen LogP contribution in [-0.2, 0) is 13.5 Å². The first-order valence-corrected chi connectivity index (χ1v) is 6.72. The monoisotopic (exact) mass is 273 g/mol. The number of hydrogen-bond acceptors (Lipinski definition) is 2. The summed E-state index contributed by atoms with van der Waals surface area (Å²) in [5.74, 6) is -0.513. The number of rotatable bonds is 2. The van der Waals surface area contributed by atoms with Crippen LogP contribution in [0.3, 0.4) is 0 Å². The van der Waals surface area contributed by atoms with Crippen molar-refractivity contribution in [3.05, 3.63) is 53.1 Å². The molecule has 1 heterocycles. The van der Waals surface area contributed by atoms with Crippen molar-refractivity contribution in [1.82, 2.24) is 15.1 Å². The molecule has 0 aliphatic heterocycles. The standard InChI is InChI=1S/C15H16FN3O/c1-19-14-4-2-3-13(12(14)9-17-19)18-15(20)10-5-7-11(16)8-6-10/h5-9,13H,2-4H2,1H3,(H,18,20). The van der Waals surface area contributed by atoms with E-state index in [4.69, 9.17) is 0 Å². The molecule has 1 unspecified atom stereocenters. The molecule has 0 saturated heterocycles. The van der Waals surface area contributed by atoms with Crippen LogP contribution in [0.25, 0.3) is 0 Å². The molecule has 0 saturated carbocycles. The van der Waals surface area contributed by atoms with Gasteiger partial charge in [0.15, 0.2) is 0 Å². The minimum atomic E-state index is -0.339. The maximum Gasteiger partial charge on any atom is 0.251 e. The highest BCUT2D eigenvalue weighted by molar-refractivity contribution is 5.94. The number of nitrogens with one attached hydrogen (secondary N) is 1. The van der Waals surface area contributed by atoms with E-state index in [0.717, 1.165) is 24.8 Å². The Morgan fingerprint density at radius 2 is 2.15 bits per heavy atom. The lowest BCUT2D eigenvalue weighted by molar-refractivity contribution is 0.0932. The van der Waals surface area contributed by atoms with E-state index in [0.29, 0.717) is 5.56 Å². The van der Waals surface area contributed by atoms with Crippen LogP contribution >= 0.6 is 0 Å². The average molecular weight is 273 g/mol. The minimum Gasteiger partial charge on any atom is -0.345 e. The van der Waals surface area contributed by atoms with Crippen LogP contribution in [0.5, 0.6) is 0 Å². The number of carbonyl (C=O) groups excluding carboxylic acids is 1. The van der Waals surface area contributed by atoms with Crippen molar-refractivity contribution < 1.29 is 9.18 Å². The summed E-state index contributed by atoms with van der Waals surface area (Å²) in [6.07, 6.45) is 4.76. The van der Waals surface area contributed by atoms with Gasteiger partial charge in [-0.25, -0.2) is 4.39 Å². The number of carbonyl (C=O) groups is 1. The molecule has 2 aromatic rings. The molecule has 20 heavy (non-hydrogen) atoms. The number of amides is 1. The highest BCUT2D eigenvalue weighted by atomic mass is 19.1. The van der Waals surface area contributed by atoms with Crippen LogP contribution in [-0.4, -0.2) is 15.7 Å². The molecule has 1 amide bonds. The van der Waals surface area contributed by atoms with Crippen molar-refractivity contribution in [3.63, 3.8) is 0 Å². The fourth-order valence-corrected chi connectivity index (χ4v) is 2.70. The first-order valence-electron chi connectivity index (χ1n) is 6.72. The van der Waals surface area contributed by atoms with Crippen molar-refractivity contribution >= 4 is 5.91 Å². The van der Waals surface area contributed by atoms with Gasteiger partial charge >= 0.3 is 0 Å². The first-order chi connectivity index (χ1) is 9.65. The summed E-state index contributed by atoms with van der Waals surface area (Å²) in [7, 11) is 1.92. The molecular formula is C15H16FN3O. The largest absolute Gasteiger partial charge is 0.345 e. The lowest BCUT2D eigenvalue weighted by Crippen LogP contribution is -2.30.